The molecule has 0 aromatic heterocycles. The summed E-state index contributed by atoms with van der Waals surface area (Å²) in [6.45, 7) is 3.32. The maximum absolute atomic E-state index is 12.0. The second kappa shape index (κ2) is 9.12. The van der Waals surface area contributed by atoms with Gasteiger partial charge in [-0.15, -0.1) is 0 Å². The first-order valence-electron chi connectivity index (χ1n) is 7.64. The minimum absolute atomic E-state index is 0.0306. The molecule has 5 nitrogen and oxygen atoms in total. The van der Waals surface area contributed by atoms with Crippen LogP contribution in [0.15, 0.2) is 36.4 Å². The lowest BCUT2D eigenvalue weighted by atomic mass is 10.2. The highest BCUT2D eigenvalue weighted by Gasteiger charge is 2.14. The van der Waals surface area contributed by atoms with Crippen LogP contribution in [0.4, 0.5) is 5.69 Å². The number of halogens is 3. The van der Waals surface area contributed by atoms with Crippen LogP contribution in [-0.4, -0.2) is 24.6 Å². The highest BCUT2D eigenvalue weighted by molar-refractivity contribution is 6.42. The van der Waals surface area contributed by atoms with E-state index in [-0.39, 0.29) is 21.8 Å². The molecule has 0 aliphatic heterocycles. The van der Waals surface area contributed by atoms with E-state index in [0.29, 0.717) is 16.3 Å². The van der Waals surface area contributed by atoms with Gasteiger partial charge in [0.2, 0.25) is 0 Å². The van der Waals surface area contributed by atoms with Crippen molar-refractivity contribution in [3.63, 3.8) is 0 Å². The third-order valence-electron chi connectivity index (χ3n) is 3.07. The van der Waals surface area contributed by atoms with Gasteiger partial charge in [0.15, 0.2) is 6.61 Å². The zero-order chi connectivity index (χ0) is 19.3. The molecule has 0 aliphatic carbocycles. The molecule has 0 fully saturated rings. The normalized spacial score (nSPS) is 10.5. The molecule has 0 heterocycles. The molecule has 26 heavy (non-hydrogen) atoms. The van der Waals surface area contributed by atoms with Gasteiger partial charge in [-0.3, -0.25) is 4.79 Å². The van der Waals surface area contributed by atoms with Gasteiger partial charge in [-0.1, -0.05) is 34.8 Å². The summed E-state index contributed by atoms with van der Waals surface area (Å²) >= 11 is 17.8. The molecule has 2 aromatic rings. The predicted molar refractivity (Wildman–Crippen MR) is 103 cm³/mol. The summed E-state index contributed by atoms with van der Waals surface area (Å²) in [5.74, 6) is -0.574. The fourth-order valence-corrected chi connectivity index (χ4v) is 2.90. The molecule has 2 aromatic carbocycles. The molecule has 1 amide bonds. The summed E-state index contributed by atoms with van der Waals surface area (Å²) in [5, 5.41) is 3.19. The molecule has 1 N–H and O–H groups in total. The summed E-state index contributed by atoms with van der Waals surface area (Å²) in [4.78, 5) is 24.0. The number of carbonyl (C=O) groups is 2. The van der Waals surface area contributed by atoms with Crippen molar-refractivity contribution in [2.45, 2.75) is 20.0 Å². The third-order valence-corrected chi connectivity index (χ3v) is 3.88. The zero-order valence-electron chi connectivity index (χ0n) is 14.0. The summed E-state index contributed by atoms with van der Waals surface area (Å²) in [5.41, 5.74) is 0.505. The van der Waals surface area contributed by atoms with Gasteiger partial charge >= 0.3 is 5.97 Å². The molecule has 0 bridgehead atoms. The van der Waals surface area contributed by atoms with Crippen molar-refractivity contribution in [1.29, 1.82) is 0 Å². The fraction of sp³-hybridized carbons (Fsp3) is 0.222. The molecule has 0 aliphatic rings. The van der Waals surface area contributed by atoms with Crippen LogP contribution in [0.2, 0.25) is 15.1 Å². The number of esters is 1. The lowest BCUT2D eigenvalue weighted by Gasteiger charge is -2.11. The van der Waals surface area contributed by atoms with Gasteiger partial charge in [0, 0.05) is 5.02 Å². The number of anilines is 1. The average molecular weight is 417 g/mol. The Kier molecular flexibility index (Phi) is 7.14. The maximum Gasteiger partial charge on any atom is 0.338 e. The van der Waals surface area contributed by atoms with Crippen LogP contribution >= 0.6 is 34.8 Å². The first-order valence-corrected chi connectivity index (χ1v) is 8.78. The number of amides is 1. The van der Waals surface area contributed by atoms with Crippen molar-refractivity contribution in [3.8, 4) is 5.75 Å². The Balaban J connectivity index is 1.92. The topological polar surface area (TPSA) is 64.6 Å². The van der Waals surface area contributed by atoms with Gasteiger partial charge in [0.25, 0.3) is 5.91 Å². The quantitative estimate of drug-likeness (QED) is 0.655. The molecular formula is C18H16Cl3NO4. The first kappa shape index (κ1) is 20.4. The zero-order valence-corrected chi connectivity index (χ0v) is 16.3. The van der Waals surface area contributed by atoms with E-state index in [9.17, 15) is 9.59 Å². The van der Waals surface area contributed by atoms with E-state index in [0.717, 1.165) is 0 Å². The highest BCUT2D eigenvalue weighted by atomic mass is 35.5. The van der Waals surface area contributed by atoms with E-state index in [1.54, 1.807) is 24.3 Å². The minimum atomic E-state index is -0.635. The number of benzene rings is 2. The van der Waals surface area contributed by atoms with Crippen molar-refractivity contribution in [2.24, 2.45) is 0 Å². The minimum Gasteiger partial charge on any atom is -0.491 e. The summed E-state index contributed by atoms with van der Waals surface area (Å²) in [6, 6.07) is 9.32. The predicted octanol–water partition coefficient (Wildman–Crippen LogP) is 5.23. The van der Waals surface area contributed by atoms with Gasteiger partial charge in [-0.05, 0) is 50.2 Å². The van der Waals surface area contributed by atoms with E-state index in [4.69, 9.17) is 44.3 Å². The second-order valence-electron chi connectivity index (χ2n) is 5.56. The van der Waals surface area contributed by atoms with Gasteiger partial charge in [-0.25, -0.2) is 4.79 Å². The number of hydrogen-bond donors (Lipinski definition) is 1. The Morgan fingerprint density at radius 2 is 1.62 bits per heavy atom. The van der Waals surface area contributed by atoms with Crippen LogP contribution in [-0.2, 0) is 9.53 Å². The van der Waals surface area contributed by atoms with Crippen LogP contribution in [0.5, 0.6) is 5.75 Å². The van der Waals surface area contributed by atoms with E-state index in [1.807, 2.05) is 13.8 Å². The molecule has 0 atom stereocenters. The third kappa shape index (κ3) is 5.80. The van der Waals surface area contributed by atoms with Crippen LogP contribution in [0.3, 0.4) is 0 Å². The van der Waals surface area contributed by atoms with Crippen molar-refractivity contribution in [1.82, 2.24) is 0 Å². The van der Waals surface area contributed by atoms with Gasteiger partial charge < -0.3 is 14.8 Å². The summed E-state index contributed by atoms with van der Waals surface area (Å²) in [7, 11) is 0. The van der Waals surface area contributed by atoms with Crippen LogP contribution < -0.4 is 10.1 Å². The number of hydrogen-bond acceptors (Lipinski definition) is 4. The van der Waals surface area contributed by atoms with Crippen molar-refractivity contribution < 1.29 is 19.1 Å². The molecule has 0 radical (unpaired) electrons. The maximum atomic E-state index is 12.0. The molecule has 0 unspecified atom stereocenters. The lowest BCUT2D eigenvalue weighted by Crippen LogP contribution is -2.21. The largest absolute Gasteiger partial charge is 0.491 e. The van der Waals surface area contributed by atoms with Crippen molar-refractivity contribution in [3.05, 3.63) is 57.0 Å². The van der Waals surface area contributed by atoms with Crippen molar-refractivity contribution in [2.75, 3.05) is 11.9 Å². The summed E-state index contributed by atoms with van der Waals surface area (Å²) in [6.07, 6.45) is 0.0306. The molecule has 0 spiro atoms. The van der Waals surface area contributed by atoms with Gasteiger partial charge in [-0.2, -0.15) is 0 Å². The number of carbonyl (C=O) groups excluding carboxylic acids is 2. The Bertz CT molecular complexity index is 784. The Morgan fingerprint density at radius 1 is 1.04 bits per heavy atom. The van der Waals surface area contributed by atoms with Gasteiger partial charge in [0.05, 0.1) is 27.4 Å². The lowest BCUT2D eigenvalue weighted by molar-refractivity contribution is -0.119. The molecule has 0 saturated carbocycles. The Morgan fingerprint density at radius 3 is 2.15 bits per heavy atom. The summed E-state index contributed by atoms with van der Waals surface area (Å²) < 4.78 is 10.5. The molecule has 8 heteroatoms. The number of rotatable bonds is 6. The number of ether oxygens (including phenoxy) is 2. The Labute approximate surface area is 166 Å². The monoisotopic (exact) mass is 415 g/mol. The fourth-order valence-electron chi connectivity index (χ4n) is 1.99. The number of nitrogens with one attached hydrogen (secondary N) is 1. The van der Waals surface area contributed by atoms with Crippen LogP contribution in [0.25, 0.3) is 0 Å². The smallest absolute Gasteiger partial charge is 0.338 e. The molecule has 0 saturated heterocycles. The van der Waals surface area contributed by atoms with Crippen LogP contribution in [0, 0.1) is 0 Å². The molecule has 138 valence electrons. The SMILES string of the molecule is CC(C)Oc1ccc(C(=O)OCC(=O)Nc2c(Cl)cc(Cl)cc2Cl)cc1. The molecular weight excluding hydrogens is 401 g/mol. The second-order valence-corrected chi connectivity index (χ2v) is 6.81. The Hall–Kier alpha value is -1.95. The van der Waals surface area contributed by atoms with Gasteiger partial charge in [0.1, 0.15) is 5.75 Å². The van der Waals surface area contributed by atoms with E-state index < -0.39 is 18.5 Å². The first-order chi connectivity index (χ1) is 12.3. The van der Waals surface area contributed by atoms with E-state index in [2.05, 4.69) is 5.32 Å². The van der Waals surface area contributed by atoms with E-state index in [1.165, 1.54) is 12.1 Å². The van der Waals surface area contributed by atoms with Crippen LogP contribution in [0.1, 0.15) is 24.2 Å². The highest BCUT2D eigenvalue weighted by Crippen LogP contribution is 2.33. The standard InChI is InChI=1S/C18H16Cl3NO4/c1-10(2)26-13-5-3-11(4-6-13)18(24)25-9-16(23)22-17-14(20)7-12(19)8-15(17)21/h3-8,10H,9H2,1-2H3,(H,22,23). The molecule has 2 rings (SSSR count). The van der Waals surface area contributed by atoms with Crippen molar-refractivity contribution >= 4 is 52.4 Å². The average Bonchev–Trinajstić information content (AvgIpc) is 2.56. The van der Waals surface area contributed by atoms with E-state index >= 15 is 0 Å².